The first kappa shape index (κ1) is 24.1. The minimum atomic E-state index is -1.69. The van der Waals surface area contributed by atoms with Gasteiger partial charge in [0.15, 0.2) is 11.4 Å². The van der Waals surface area contributed by atoms with Crippen LogP contribution >= 0.6 is 0 Å². The molecule has 6 aliphatic rings. The second kappa shape index (κ2) is 6.41. The lowest BCUT2D eigenvalue weighted by atomic mass is 9.34. The molecule has 3 saturated carbocycles. The van der Waals surface area contributed by atoms with Gasteiger partial charge < -0.3 is 9.84 Å². The molecule has 0 amide bonds. The summed E-state index contributed by atoms with van der Waals surface area (Å²) in [5.74, 6) is -1.49. The van der Waals surface area contributed by atoms with E-state index in [2.05, 4.69) is 27.7 Å². The van der Waals surface area contributed by atoms with Gasteiger partial charge in [-0.2, -0.15) is 5.26 Å². The fourth-order valence-electron chi connectivity index (χ4n) is 10.1. The summed E-state index contributed by atoms with van der Waals surface area (Å²) < 4.78 is 6.40. The van der Waals surface area contributed by atoms with Crippen LogP contribution in [0.1, 0.15) is 86.5 Å². The Kier molecular flexibility index (Phi) is 4.29. The summed E-state index contributed by atoms with van der Waals surface area (Å²) in [7, 11) is 0. The minimum Gasteiger partial charge on any atom is -0.449 e. The van der Waals surface area contributed by atoms with E-state index < -0.39 is 44.6 Å². The molecule has 36 heavy (non-hydrogen) atoms. The number of hydrogen-bond acceptors (Lipinski definition) is 6. The third kappa shape index (κ3) is 2.28. The molecule has 192 valence electrons. The summed E-state index contributed by atoms with van der Waals surface area (Å²) in [6.07, 6.45) is 8.56. The number of aliphatic hydroxyl groups is 1. The van der Waals surface area contributed by atoms with Crippen LogP contribution in [0, 0.1) is 50.2 Å². The number of carbonyl (C=O) groups is 3. The van der Waals surface area contributed by atoms with Gasteiger partial charge >= 0.3 is 5.97 Å². The zero-order valence-electron chi connectivity index (χ0n) is 22.3. The number of nitrogens with zero attached hydrogens (tertiary/aromatic N) is 1. The van der Waals surface area contributed by atoms with E-state index in [9.17, 15) is 24.8 Å². The number of nitriles is 1. The van der Waals surface area contributed by atoms with Crippen LogP contribution in [0.5, 0.6) is 0 Å². The first-order valence-electron chi connectivity index (χ1n) is 13.5. The zero-order valence-corrected chi connectivity index (χ0v) is 22.3. The predicted octanol–water partition coefficient (Wildman–Crippen LogP) is 4.61. The van der Waals surface area contributed by atoms with Gasteiger partial charge in [-0.1, -0.05) is 40.7 Å². The maximum atomic E-state index is 14.4. The van der Waals surface area contributed by atoms with Crippen molar-refractivity contribution >= 4 is 17.5 Å². The average molecular weight is 492 g/mol. The van der Waals surface area contributed by atoms with Crippen molar-refractivity contribution in [3.05, 3.63) is 23.3 Å². The monoisotopic (exact) mass is 491 g/mol. The van der Waals surface area contributed by atoms with Crippen LogP contribution in [0.4, 0.5) is 0 Å². The molecule has 1 heterocycles. The Morgan fingerprint density at radius 1 is 0.972 bits per heavy atom. The molecule has 6 nitrogen and oxygen atoms in total. The van der Waals surface area contributed by atoms with Crippen molar-refractivity contribution in [3.63, 3.8) is 0 Å². The topological polar surface area (TPSA) is 104 Å². The molecular weight excluding hydrogens is 454 g/mol. The van der Waals surface area contributed by atoms with Crippen molar-refractivity contribution in [1.82, 2.24) is 0 Å². The van der Waals surface area contributed by atoms with E-state index in [1.54, 1.807) is 12.2 Å². The third-order valence-corrected chi connectivity index (χ3v) is 12.4. The van der Waals surface area contributed by atoms with E-state index in [0.29, 0.717) is 19.3 Å². The fourth-order valence-corrected chi connectivity index (χ4v) is 10.1. The van der Waals surface area contributed by atoms with Gasteiger partial charge in [-0.05, 0) is 74.3 Å². The van der Waals surface area contributed by atoms with Crippen LogP contribution in [-0.4, -0.2) is 33.8 Å². The molecular formula is C30H37NO5. The highest BCUT2D eigenvalue weighted by Gasteiger charge is 2.82. The second-order valence-corrected chi connectivity index (χ2v) is 14.3. The first-order valence-corrected chi connectivity index (χ1v) is 13.5. The number of rotatable bonds is 0. The maximum Gasteiger partial charge on any atom is 0.313 e. The molecule has 8 atom stereocenters. The summed E-state index contributed by atoms with van der Waals surface area (Å²) in [5.41, 5.74) is -4.59. The van der Waals surface area contributed by atoms with E-state index >= 15 is 0 Å². The van der Waals surface area contributed by atoms with Gasteiger partial charge in [0, 0.05) is 22.7 Å². The van der Waals surface area contributed by atoms with Crippen LogP contribution in [0.25, 0.3) is 0 Å². The Labute approximate surface area is 213 Å². The van der Waals surface area contributed by atoms with Crippen LogP contribution in [-0.2, 0) is 19.1 Å². The Balaban J connectivity index is 1.60. The number of fused-ring (bicyclic) bond motifs is 4. The fraction of sp³-hybridized carbons (Fsp3) is 0.733. The minimum absolute atomic E-state index is 0.0229. The summed E-state index contributed by atoms with van der Waals surface area (Å²) in [6, 6.07) is 2.00. The maximum absolute atomic E-state index is 14.4. The van der Waals surface area contributed by atoms with Gasteiger partial charge in [0.05, 0.1) is 11.0 Å². The highest BCUT2D eigenvalue weighted by atomic mass is 16.6. The molecule has 2 bridgehead atoms. The predicted molar refractivity (Wildman–Crippen MR) is 131 cm³/mol. The second-order valence-electron chi connectivity index (χ2n) is 14.3. The van der Waals surface area contributed by atoms with Crippen LogP contribution in [0.3, 0.4) is 0 Å². The van der Waals surface area contributed by atoms with E-state index in [-0.39, 0.29) is 28.7 Å². The normalized spacial score (nSPS) is 52.6. The standard InChI is InChI=1S/C30H37NO5/c1-24(2)9-11-29-12-10-27(5)26(4)8-7-18-25(3,14-17(16-31)22(33)28(18,6)35)19(26)13-21(32)30(27,20(29)15-24)36-23(29)34/h13-14,18,20,35H,7-12,15H2,1-6H3/t18-,20-,25+,26-,27+,28+,29+,30-/m1/s1. The smallest absolute Gasteiger partial charge is 0.313 e. The van der Waals surface area contributed by atoms with Crippen molar-refractivity contribution in [2.24, 2.45) is 38.9 Å². The molecule has 0 aromatic rings. The van der Waals surface area contributed by atoms with E-state index in [4.69, 9.17) is 4.74 Å². The largest absolute Gasteiger partial charge is 0.449 e. The molecule has 1 saturated heterocycles. The SMILES string of the molecule is CC1(C)CC[C@@]23CC[C@@]4(C)[C@]5(C)CC[C@H]6[C@](C)(O)C(=O)C(C#N)=C[C@]6(C)C5=CC(=O)[C@]4(OC2=O)[C@@H]3C1. The van der Waals surface area contributed by atoms with Crippen molar-refractivity contribution in [1.29, 1.82) is 5.26 Å². The molecule has 4 fully saturated rings. The van der Waals surface area contributed by atoms with E-state index in [1.165, 1.54) is 6.92 Å². The van der Waals surface area contributed by atoms with Gasteiger partial charge in [-0.25, -0.2) is 0 Å². The van der Waals surface area contributed by atoms with Crippen LogP contribution < -0.4 is 0 Å². The molecule has 6 heteroatoms. The number of Topliss-reactive ketones (excluding diaryl/α,β-unsaturated/α-hetero) is 1. The molecule has 5 aliphatic carbocycles. The molecule has 1 aliphatic heterocycles. The molecule has 0 unspecified atom stereocenters. The van der Waals surface area contributed by atoms with E-state index in [1.807, 2.05) is 13.0 Å². The molecule has 1 spiro atoms. The zero-order chi connectivity index (χ0) is 26.3. The van der Waals surface area contributed by atoms with Gasteiger partial charge in [-0.3, -0.25) is 14.4 Å². The van der Waals surface area contributed by atoms with Gasteiger partial charge in [-0.15, -0.1) is 0 Å². The van der Waals surface area contributed by atoms with Crippen molar-refractivity contribution in [2.75, 3.05) is 0 Å². The summed E-state index contributed by atoms with van der Waals surface area (Å²) in [5, 5.41) is 21.1. The number of carbonyl (C=O) groups excluding carboxylic acids is 3. The molecule has 0 radical (unpaired) electrons. The lowest BCUT2D eigenvalue weighted by Crippen LogP contribution is -2.72. The Morgan fingerprint density at radius 2 is 1.64 bits per heavy atom. The number of hydrogen-bond donors (Lipinski definition) is 1. The van der Waals surface area contributed by atoms with Crippen LogP contribution in [0.15, 0.2) is 23.3 Å². The van der Waals surface area contributed by atoms with Gasteiger partial charge in [0.2, 0.25) is 5.78 Å². The summed E-state index contributed by atoms with van der Waals surface area (Å²) >= 11 is 0. The van der Waals surface area contributed by atoms with Crippen molar-refractivity contribution < 1.29 is 24.2 Å². The number of allylic oxidation sites excluding steroid dienone is 2. The summed E-state index contributed by atoms with van der Waals surface area (Å²) in [6.45, 7) is 12.3. The number of esters is 1. The Morgan fingerprint density at radius 3 is 2.31 bits per heavy atom. The molecule has 1 N–H and O–H groups in total. The lowest BCUT2D eigenvalue weighted by Gasteiger charge is -2.68. The van der Waals surface area contributed by atoms with Crippen molar-refractivity contribution in [2.45, 2.75) is 97.7 Å². The Hall–Kier alpha value is -2.26. The number of ether oxygens (including phenoxy) is 1. The first-order chi connectivity index (χ1) is 16.6. The lowest BCUT2D eigenvalue weighted by molar-refractivity contribution is -0.208. The van der Waals surface area contributed by atoms with E-state index in [0.717, 1.165) is 31.3 Å². The molecule has 0 aromatic carbocycles. The highest BCUT2D eigenvalue weighted by molar-refractivity contribution is 6.07. The van der Waals surface area contributed by atoms with Gasteiger partial charge in [0.1, 0.15) is 11.7 Å². The van der Waals surface area contributed by atoms with Crippen LogP contribution in [0.2, 0.25) is 0 Å². The van der Waals surface area contributed by atoms with Crippen molar-refractivity contribution in [3.8, 4) is 6.07 Å². The third-order valence-electron chi connectivity index (χ3n) is 12.4. The summed E-state index contributed by atoms with van der Waals surface area (Å²) in [4.78, 5) is 41.0. The Bertz CT molecular complexity index is 1250. The average Bonchev–Trinajstić information content (AvgIpc) is 2.98. The highest BCUT2D eigenvalue weighted by Crippen LogP contribution is 2.78. The number of ketones is 2. The molecule has 0 aromatic heterocycles. The molecule has 6 rings (SSSR count). The van der Waals surface area contributed by atoms with Gasteiger partial charge in [0.25, 0.3) is 0 Å². The quantitative estimate of drug-likeness (QED) is 0.496.